The molecule has 166 valence electrons. The smallest absolute Gasteiger partial charge is 0.397 e. The van der Waals surface area contributed by atoms with Gasteiger partial charge in [-0.15, -0.1) is 0 Å². The molecule has 2 aromatic carbocycles. The van der Waals surface area contributed by atoms with E-state index in [-0.39, 0.29) is 29.2 Å². The number of fused-ring (bicyclic) bond motifs is 1. The minimum Gasteiger partial charge on any atom is -0.504 e. The Morgan fingerprint density at radius 3 is 2.52 bits per heavy atom. The average Bonchev–Trinajstić information content (AvgIpc) is 2.72. The number of benzene rings is 2. The lowest BCUT2D eigenvalue weighted by atomic mass is 9.86. The van der Waals surface area contributed by atoms with Gasteiger partial charge in [0.1, 0.15) is 17.6 Å². The number of hydrogen-bond acceptors (Lipinski definition) is 8. The number of carboxylic acid groups (broad SMARTS) is 1. The molecule has 10 nitrogen and oxygen atoms in total. The number of phenols is 1. The zero-order valence-electron chi connectivity index (χ0n) is 16.5. The summed E-state index contributed by atoms with van der Waals surface area (Å²) in [4.78, 5) is 10.9. The van der Waals surface area contributed by atoms with Gasteiger partial charge in [-0.1, -0.05) is 0 Å². The van der Waals surface area contributed by atoms with E-state index in [9.17, 15) is 22.9 Å². The van der Waals surface area contributed by atoms with Crippen molar-refractivity contribution in [2.45, 2.75) is 12.0 Å². The molecule has 0 saturated heterocycles. The van der Waals surface area contributed by atoms with Crippen molar-refractivity contribution < 1.29 is 46.4 Å². The fourth-order valence-electron chi connectivity index (χ4n) is 3.35. The normalized spacial score (nSPS) is 18.3. The van der Waals surface area contributed by atoms with Gasteiger partial charge in [0.05, 0.1) is 26.7 Å². The summed E-state index contributed by atoms with van der Waals surface area (Å²) < 4.78 is 53.6. The molecule has 0 fully saturated rings. The van der Waals surface area contributed by atoms with Crippen molar-refractivity contribution in [2.75, 3.05) is 20.8 Å². The monoisotopic (exact) mass is 452 g/mol. The van der Waals surface area contributed by atoms with Gasteiger partial charge >= 0.3 is 16.4 Å². The van der Waals surface area contributed by atoms with Gasteiger partial charge in [-0.3, -0.25) is 4.55 Å². The Kier molecular flexibility index (Phi) is 6.39. The Labute approximate surface area is 178 Å². The Morgan fingerprint density at radius 1 is 1.16 bits per heavy atom. The predicted octanol–water partition coefficient (Wildman–Crippen LogP) is 2.54. The van der Waals surface area contributed by atoms with Crippen LogP contribution in [-0.4, -0.2) is 50.0 Å². The highest BCUT2D eigenvalue weighted by Gasteiger charge is 2.38. The maximum atomic E-state index is 11.6. The van der Waals surface area contributed by atoms with E-state index in [1.54, 1.807) is 12.1 Å². The molecule has 0 spiro atoms. The summed E-state index contributed by atoms with van der Waals surface area (Å²) in [6.07, 6.45) is 0.912. The molecular weight excluding hydrogens is 432 g/mol. The molecule has 0 radical (unpaired) electrons. The summed E-state index contributed by atoms with van der Waals surface area (Å²) in [5, 5.41) is 19.6. The molecule has 31 heavy (non-hydrogen) atoms. The first-order valence-corrected chi connectivity index (χ1v) is 10.3. The van der Waals surface area contributed by atoms with Crippen LogP contribution in [0.1, 0.15) is 28.7 Å². The molecule has 0 aromatic heterocycles. The summed E-state index contributed by atoms with van der Waals surface area (Å²) in [6.45, 7) is -0.109. The van der Waals surface area contributed by atoms with E-state index in [1.807, 2.05) is 0 Å². The molecule has 2 atom stereocenters. The van der Waals surface area contributed by atoms with Crippen molar-refractivity contribution in [1.29, 1.82) is 0 Å². The fraction of sp³-hybridized carbons (Fsp3) is 0.250. The summed E-state index contributed by atoms with van der Waals surface area (Å²) in [5.41, 5.74) is 0.818. The molecule has 2 aromatic rings. The summed E-state index contributed by atoms with van der Waals surface area (Å²) >= 11 is 0. The van der Waals surface area contributed by atoms with Crippen molar-refractivity contribution in [3.05, 3.63) is 53.1 Å². The van der Waals surface area contributed by atoms with Crippen molar-refractivity contribution in [2.24, 2.45) is 0 Å². The highest BCUT2D eigenvalue weighted by molar-refractivity contribution is 7.80. The molecule has 1 heterocycles. The number of carbonyl (C=O) groups is 1. The molecular formula is C20H20O10S. The molecule has 11 heteroatoms. The van der Waals surface area contributed by atoms with Gasteiger partial charge < -0.3 is 24.4 Å². The van der Waals surface area contributed by atoms with Crippen LogP contribution in [0, 0.1) is 0 Å². The van der Waals surface area contributed by atoms with Crippen LogP contribution in [0.5, 0.6) is 23.0 Å². The summed E-state index contributed by atoms with van der Waals surface area (Å²) in [5.74, 6) is -1.65. The standard InChI is InChI=1S/C20H20O10S/c1-27-12-4-5-16-14(9-12)20(30-31(24,25)26)15(10-29-16)13-7-11(3-6-18(21)22)8-17(28-2)19(13)23/h3-9,15,20,23H,10H2,1-2H3,(H,21,22)(H,24,25,26)/b6-3+. The van der Waals surface area contributed by atoms with Crippen LogP contribution in [0.2, 0.25) is 0 Å². The third-order valence-electron chi connectivity index (χ3n) is 4.70. The molecule has 0 aliphatic carbocycles. The predicted molar refractivity (Wildman–Crippen MR) is 108 cm³/mol. The molecule has 1 aliphatic rings. The number of ether oxygens (including phenoxy) is 3. The zero-order chi connectivity index (χ0) is 22.8. The van der Waals surface area contributed by atoms with Crippen LogP contribution in [0.3, 0.4) is 0 Å². The van der Waals surface area contributed by atoms with Crippen molar-refractivity contribution in [3.63, 3.8) is 0 Å². The number of carboxylic acids is 1. The maximum absolute atomic E-state index is 11.6. The lowest BCUT2D eigenvalue weighted by Crippen LogP contribution is -2.28. The first-order valence-electron chi connectivity index (χ1n) is 8.91. The maximum Gasteiger partial charge on any atom is 0.397 e. The Hall–Kier alpha value is -3.28. The fourth-order valence-corrected chi connectivity index (χ4v) is 3.85. The van der Waals surface area contributed by atoms with E-state index in [0.717, 1.165) is 6.08 Å². The molecule has 0 saturated carbocycles. The number of phenolic OH excluding ortho intramolecular Hbond substituents is 1. The van der Waals surface area contributed by atoms with E-state index in [2.05, 4.69) is 0 Å². The molecule has 0 amide bonds. The van der Waals surface area contributed by atoms with Crippen LogP contribution in [0.4, 0.5) is 0 Å². The zero-order valence-corrected chi connectivity index (χ0v) is 17.3. The van der Waals surface area contributed by atoms with Crippen molar-refractivity contribution in [3.8, 4) is 23.0 Å². The lowest BCUT2D eigenvalue weighted by Gasteiger charge is -2.33. The third-order valence-corrected chi connectivity index (χ3v) is 5.15. The largest absolute Gasteiger partial charge is 0.504 e. The number of methoxy groups -OCH3 is 2. The van der Waals surface area contributed by atoms with E-state index >= 15 is 0 Å². The molecule has 3 rings (SSSR count). The Morgan fingerprint density at radius 2 is 1.90 bits per heavy atom. The van der Waals surface area contributed by atoms with Crippen LogP contribution < -0.4 is 14.2 Å². The summed E-state index contributed by atoms with van der Waals surface area (Å²) in [7, 11) is -2.15. The Bertz CT molecular complexity index is 1120. The van der Waals surface area contributed by atoms with Crippen LogP contribution in [0.25, 0.3) is 6.08 Å². The lowest BCUT2D eigenvalue weighted by molar-refractivity contribution is -0.131. The molecule has 3 N–H and O–H groups in total. The number of rotatable bonds is 7. The second-order valence-electron chi connectivity index (χ2n) is 6.60. The van der Waals surface area contributed by atoms with E-state index < -0.39 is 28.4 Å². The summed E-state index contributed by atoms with van der Waals surface area (Å²) in [6, 6.07) is 7.55. The topological polar surface area (TPSA) is 149 Å². The van der Waals surface area contributed by atoms with Gasteiger partial charge in [-0.05, 0) is 42.0 Å². The number of aromatic hydroxyl groups is 1. The highest BCUT2D eigenvalue weighted by atomic mass is 32.3. The van der Waals surface area contributed by atoms with Gasteiger partial charge in [0.2, 0.25) is 0 Å². The molecule has 1 aliphatic heterocycles. The average molecular weight is 452 g/mol. The minimum absolute atomic E-state index is 0.0320. The Balaban J connectivity index is 2.17. The van der Waals surface area contributed by atoms with E-state index in [0.29, 0.717) is 17.1 Å². The van der Waals surface area contributed by atoms with Gasteiger partial charge in [-0.25, -0.2) is 8.98 Å². The van der Waals surface area contributed by atoms with E-state index in [1.165, 1.54) is 38.5 Å². The quantitative estimate of drug-likeness (QED) is 0.422. The first-order chi connectivity index (χ1) is 14.6. The number of aliphatic carboxylic acids is 1. The van der Waals surface area contributed by atoms with Gasteiger partial charge in [-0.2, -0.15) is 8.42 Å². The van der Waals surface area contributed by atoms with Gasteiger partial charge in [0, 0.05) is 17.2 Å². The van der Waals surface area contributed by atoms with Crippen LogP contribution in [0.15, 0.2) is 36.4 Å². The highest BCUT2D eigenvalue weighted by Crippen LogP contribution is 2.48. The third kappa shape index (κ3) is 5.08. The second kappa shape index (κ2) is 8.84. The van der Waals surface area contributed by atoms with Crippen LogP contribution >= 0.6 is 0 Å². The second-order valence-corrected chi connectivity index (χ2v) is 7.65. The SMILES string of the molecule is COc1ccc2c(c1)C(OS(=O)(=O)O)C(c1cc(/C=C/C(=O)O)cc(OC)c1O)CO2. The minimum atomic E-state index is -4.89. The molecule has 0 bridgehead atoms. The van der Waals surface area contributed by atoms with Gasteiger partial charge in [0.25, 0.3) is 0 Å². The van der Waals surface area contributed by atoms with Crippen molar-refractivity contribution >= 4 is 22.4 Å². The van der Waals surface area contributed by atoms with Gasteiger partial charge in [0.15, 0.2) is 11.5 Å². The molecule has 2 unspecified atom stereocenters. The first kappa shape index (κ1) is 22.4. The number of hydrogen-bond donors (Lipinski definition) is 3. The van der Waals surface area contributed by atoms with Crippen LogP contribution in [-0.2, 0) is 19.4 Å². The van der Waals surface area contributed by atoms with E-state index in [4.69, 9.17) is 23.5 Å². The van der Waals surface area contributed by atoms with Crippen molar-refractivity contribution in [1.82, 2.24) is 0 Å².